The summed E-state index contributed by atoms with van der Waals surface area (Å²) in [4.78, 5) is 20.7. The highest BCUT2D eigenvalue weighted by Gasteiger charge is 2.31. The Labute approximate surface area is 194 Å². The zero-order valence-corrected chi connectivity index (χ0v) is 18.7. The molecule has 4 rings (SSSR count). The fraction of sp³-hybridized carbons (Fsp3) is 0.348. The number of hydrogen-bond acceptors (Lipinski definition) is 6. The second kappa shape index (κ2) is 9.72. The second-order valence-corrected chi connectivity index (χ2v) is 7.89. The molecule has 3 aromatic rings. The van der Waals surface area contributed by atoms with Crippen molar-refractivity contribution < 1.29 is 27.2 Å². The molecule has 1 aliphatic heterocycles. The topological polar surface area (TPSA) is 83.7 Å². The number of benzene rings is 2. The number of ether oxygens (including phenoxy) is 1. The lowest BCUT2D eigenvalue weighted by molar-refractivity contribution is -0.137. The number of piperazine rings is 1. The van der Waals surface area contributed by atoms with Crippen molar-refractivity contribution in [3.05, 3.63) is 60.0 Å². The van der Waals surface area contributed by atoms with Gasteiger partial charge in [0.1, 0.15) is 5.75 Å². The first-order valence-electron chi connectivity index (χ1n) is 10.7. The third-order valence-electron chi connectivity index (χ3n) is 5.74. The van der Waals surface area contributed by atoms with E-state index in [0.29, 0.717) is 43.5 Å². The summed E-state index contributed by atoms with van der Waals surface area (Å²) in [5.41, 5.74) is 0.139. The van der Waals surface area contributed by atoms with Crippen LogP contribution in [0.4, 0.5) is 23.7 Å². The predicted octanol–water partition coefficient (Wildman–Crippen LogP) is 4.67. The maximum Gasteiger partial charge on any atom is 0.416 e. The van der Waals surface area contributed by atoms with Crippen molar-refractivity contribution >= 4 is 11.7 Å². The number of rotatable bonds is 5. The van der Waals surface area contributed by atoms with E-state index in [4.69, 9.17) is 9.26 Å². The summed E-state index contributed by atoms with van der Waals surface area (Å²) in [6.45, 7) is 4.05. The minimum absolute atomic E-state index is 0.102. The summed E-state index contributed by atoms with van der Waals surface area (Å²) < 4.78 is 49.4. The number of anilines is 1. The van der Waals surface area contributed by atoms with Crippen LogP contribution in [0.25, 0.3) is 11.4 Å². The maximum absolute atomic E-state index is 13.0. The summed E-state index contributed by atoms with van der Waals surface area (Å²) in [5.74, 6) is 1.12. The Morgan fingerprint density at radius 3 is 2.47 bits per heavy atom. The molecule has 1 saturated heterocycles. The summed E-state index contributed by atoms with van der Waals surface area (Å²) in [6, 6.07) is 11.5. The van der Waals surface area contributed by atoms with Gasteiger partial charge in [0, 0.05) is 37.4 Å². The van der Waals surface area contributed by atoms with Gasteiger partial charge < -0.3 is 19.5 Å². The Balaban J connectivity index is 1.34. The number of hydrogen-bond donors (Lipinski definition) is 1. The highest BCUT2D eigenvalue weighted by atomic mass is 19.4. The number of nitrogens with zero attached hydrogens (tertiary/aromatic N) is 4. The molecule has 1 aliphatic rings. The van der Waals surface area contributed by atoms with E-state index in [9.17, 15) is 18.0 Å². The fourth-order valence-electron chi connectivity index (χ4n) is 3.70. The molecule has 1 aromatic heterocycles. The molecular weight excluding hydrogens is 451 g/mol. The Morgan fingerprint density at radius 2 is 1.82 bits per heavy atom. The largest absolute Gasteiger partial charge is 0.497 e. The van der Waals surface area contributed by atoms with E-state index in [1.54, 1.807) is 36.3 Å². The summed E-state index contributed by atoms with van der Waals surface area (Å²) in [5, 5.41) is 6.73. The van der Waals surface area contributed by atoms with E-state index in [2.05, 4.69) is 20.4 Å². The Kier molecular flexibility index (Phi) is 6.73. The summed E-state index contributed by atoms with van der Waals surface area (Å²) in [6.07, 6.45) is -4.45. The van der Waals surface area contributed by atoms with Crippen molar-refractivity contribution in [2.24, 2.45) is 0 Å². The second-order valence-electron chi connectivity index (χ2n) is 7.89. The molecule has 180 valence electrons. The van der Waals surface area contributed by atoms with Gasteiger partial charge in [0.2, 0.25) is 11.7 Å². The van der Waals surface area contributed by atoms with Crippen LogP contribution in [-0.2, 0) is 6.18 Å². The number of methoxy groups -OCH3 is 1. The quantitative estimate of drug-likeness (QED) is 0.577. The molecule has 1 atom stereocenters. The van der Waals surface area contributed by atoms with Crippen molar-refractivity contribution in [2.75, 3.05) is 38.6 Å². The number of halogens is 3. The SMILES string of the molecule is COc1ccc(NC(=O)N2CCN(C(C)c3nc(-c4cccc(C(F)(F)F)c4)no3)CC2)cc1. The lowest BCUT2D eigenvalue weighted by Crippen LogP contribution is -2.50. The third kappa shape index (κ3) is 5.30. The van der Waals surface area contributed by atoms with Gasteiger partial charge >= 0.3 is 12.2 Å². The fourth-order valence-corrected chi connectivity index (χ4v) is 3.70. The molecule has 1 unspecified atom stereocenters. The number of urea groups is 1. The van der Waals surface area contributed by atoms with Crippen molar-refractivity contribution in [2.45, 2.75) is 19.1 Å². The molecule has 0 aliphatic carbocycles. The van der Waals surface area contributed by atoms with Crippen LogP contribution in [0.2, 0.25) is 0 Å². The zero-order chi connectivity index (χ0) is 24.3. The predicted molar refractivity (Wildman–Crippen MR) is 118 cm³/mol. The molecule has 1 N–H and O–H groups in total. The number of aromatic nitrogens is 2. The van der Waals surface area contributed by atoms with E-state index < -0.39 is 11.7 Å². The summed E-state index contributed by atoms with van der Waals surface area (Å²) >= 11 is 0. The van der Waals surface area contributed by atoms with Crippen LogP contribution in [-0.4, -0.2) is 59.3 Å². The molecule has 8 nitrogen and oxygen atoms in total. The number of carbonyl (C=O) groups excluding carboxylic acids is 1. The number of alkyl halides is 3. The molecule has 2 aromatic carbocycles. The molecule has 0 radical (unpaired) electrons. The van der Waals surface area contributed by atoms with Crippen LogP contribution in [0.5, 0.6) is 5.75 Å². The van der Waals surface area contributed by atoms with Crippen LogP contribution in [0.3, 0.4) is 0 Å². The van der Waals surface area contributed by atoms with Gasteiger partial charge in [-0.05, 0) is 43.3 Å². The Bertz CT molecular complexity index is 1130. The van der Waals surface area contributed by atoms with Gasteiger partial charge in [-0.25, -0.2) is 4.79 Å². The van der Waals surface area contributed by atoms with Gasteiger partial charge in [-0.3, -0.25) is 4.90 Å². The van der Waals surface area contributed by atoms with Gasteiger partial charge in [0.15, 0.2) is 0 Å². The maximum atomic E-state index is 13.0. The van der Waals surface area contributed by atoms with E-state index in [0.717, 1.165) is 12.1 Å². The highest BCUT2D eigenvalue weighted by molar-refractivity contribution is 5.89. The first kappa shape index (κ1) is 23.6. The molecule has 11 heteroatoms. The van der Waals surface area contributed by atoms with Crippen molar-refractivity contribution in [1.82, 2.24) is 19.9 Å². The minimum Gasteiger partial charge on any atom is -0.497 e. The normalized spacial score (nSPS) is 15.7. The van der Waals surface area contributed by atoms with Crippen LogP contribution < -0.4 is 10.1 Å². The Hall–Kier alpha value is -3.60. The van der Waals surface area contributed by atoms with Gasteiger partial charge in [0.25, 0.3) is 0 Å². The standard InChI is InChI=1S/C23H24F3N5O3/c1-15(21-28-20(29-34-21)16-4-3-5-17(14-16)23(24,25)26)30-10-12-31(13-11-30)22(32)27-18-6-8-19(33-2)9-7-18/h3-9,14-15H,10-13H2,1-2H3,(H,27,32). The van der Waals surface area contributed by atoms with Crippen molar-refractivity contribution in [1.29, 1.82) is 0 Å². The summed E-state index contributed by atoms with van der Waals surface area (Å²) in [7, 11) is 1.58. The van der Waals surface area contributed by atoms with Gasteiger partial charge in [-0.15, -0.1) is 0 Å². The monoisotopic (exact) mass is 475 g/mol. The molecule has 2 heterocycles. The molecule has 34 heavy (non-hydrogen) atoms. The average Bonchev–Trinajstić information content (AvgIpc) is 3.34. The van der Waals surface area contributed by atoms with Crippen LogP contribution in [0, 0.1) is 0 Å². The molecule has 2 amide bonds. The van der Waals surface area contributed by atoms with E-state index in [-0.39, 0.29) is 23.5 Å². The van der Waals surface area contributed by atoms with Gasteiger partial charge in [0.05, 0.1) is 18.7 Å². The highest BCUT2D eigenvalue weighted by Crippen LogP contribution is 2.32. The number of carbonyl (C=O) groups is 1. The van der Waals surface area contributed by atoms with Crippen LogP contribution >= 0.6 is 0 Å². The zero-order valence-electron chi connectivity index (χ0n) is 18.7. The first-order chi connectivity index (χ1) is 16.2. The van der Waals surface area contributed by atoms with Crippen molar-refractivity contribution in [3.8, 4) is 17.1 Å². The lowest BCUT2D eigenvalue weighted by atomic mass is 10.1. The van der Waals surface area contributed by atoms with Gasteiger partial charge in [-0.1, -0.05) is 17.3 Å². The number of nitrogens with one attached hydrogen (secondary N) is 1. The van der Waals surface area contributed by atoms with E-state index in [1.807, 2.05) is 6.92 Å². The lowest BCUT2D eigenvalue weighted by Gasteiger charge is -2.36. The first-order valence-corrected chi connectivity index (χ1v) is 10.7. The van der Waals surface area contributed by atoms with Crippen LogP contribution in [0.1, 0.15) is 24.4 Å². The molecule has 1 fully saturated rings. The van der Waals surface area contributed by atoms with E-state index in [1.165, 1.54) is 12.1 Å². The van der Waals surface area contributed by atoms with Crippen molar-refractivity contribution in [3.63, 3.8) is 0 Å². The average molecular weight is 475 g/mol. The molecule has 0 spiro atoms. The minimum atomic E-state index is -4.45. The number of amides is 2. The molecule has 0 saturated carbocycles. The van der Waals surface area contributed by atoms with Gasteiger partial charge in [-0.2, -0.15) is 18.2 Å². The Morgan fingerprint density at radius 1 is 1.12 bits per heavy atom. The molecule has 0 bridgehead atoms. The molecular formula is C23H24F3N5O3. The van der Waals surface area contributed by atoms with E-state index >= 15 is 0 Å². The smallest absolute Gasteiger partial charge is 0.416 e. The van der Waals surface area contributed by atoms with Crippen LogP contribution in [0.15, 0.2) is 53.1 Å². The third-order valence-corrected chi connectivity index (χ3v) is 5.74.